The Labute approximate surface area is 183 Å². The highest BCUT2D eigenvalue weighted by molar-refractivity contribution is 6.31. The molecule has 8 nitrogen and oxygen atoms in total. The van der Waals surface area contributed by atoms with Crippen LogP contribution in [0, 0.1) is 5.82 Å². The van der Waals surface area contributed by atoms with E-state index in [4.69, 9.17) is 11.6 Å². The van der Waals surface area contributed by atoms with Crippen LogP contribution in [0.1, 0.15) is 47.4 Å². The Morgan fingerprint density at radius 2 is 2.13 bits per heavy atom. The number of aliphatic hydroxyl groups excluding tert-OH is 1. The Bertz CT molecular complexity index is 1050. The topological polar surface area (TPSA) is 102 Å². The number of likely N-dealkylation sites (tertiary alicyclic amines) is 1. The molecule has 1 saturated carbocycles. The lowest BCUT2D eigenvalue weighted by Crippen LogP contribution is -2.50. The lowest BCUT2D eigenvalue weighted by molar-refractivity contribution is 0.0243. The zero-order valence-electron chi connectivity index (χ0n) is 16.8. The van der Waals surface area contributed by atoms with Crippen LogP contribution in [0.15, 0.2) is 18.2 Å². The maximum absolute atomic E-state index is 13.4. The molecule has 0 radical (unpaired) electrons. The number of H-pyrrole nitrogens is 1. The zero-order valence-corrected chi connectivity index (χ0v) is 17.6. The van der Waals surface area contributed by atoms with Crippen LogP contribution >= 0.6 is 11.6 Å². The van der Waals surface area contributed by atoms with Gasteiger partial charge < -0.3 is 20.2 Å². The second kappa shape index (κ2) is 7.49. The molecule has 1 aliphatic carbocycles. The minimum atomic E-state index is -0.553. The Hall–Kier alpha value is -2.65. The van der Waals surface area contributed by atoms with Crippen molar-refractivity contribution in [1.29, 1.82) is 0 Å². The van der Waals surface area contributed by atoms with Crippen molar-refractivity contribution < 1.29 is 19.1 Å². The first-order valence-electron chi connectivity index (χ1n) is 10.4. The average molecular weight is 448 g/mol. The van der Waals surface area contributed by atoms with Gasteiger partial charge in [0, 0.05) is 36.3 Å². The number of hydrogen-bond donors (Lipinski definition) is 3. The molecule has 2 aromatic rings. The first kappa shape index (κ1) is 20.3. The summed E-state index contributed by atoms with van der Waals surface area (Å²) in [5.41, 5.74) is 2.10. The number of carbonyl (C=O) groups is 2. The predicted molar refractivity (Wildman–Crippen MR) is 111 cm³/mol. The molecule has 2 aliphatic heterocycles. The molecule has 1 aromatic carbocycles. The highest BCUT2D eigenvalue weighted by atomic mass is 35.5. The van der Waals surface area contributed by atoms with E-state index in [1.807, 2.05) is 4.90 Å². The Morgan fingerprint density at radius 3 is 2.87 bits per heavy atom. The fourth-order valence-electron chi connectivity index (χ4n) is 4.65. The van der Waals surface area contributed by atoms with E-state index >= 15 is 0 Å². The molecule has 3 amide bonds. The number of hydrogen-bond acceptors (Lipinski definition) is 4. The van der Waals surface area contributed by atoms with Crippen molar-refractivity contribution >= 4 is 29.2 Å². The molecule has 3 N–H and O–H groups in total. The molecular formula is C21H23ClFN5O3. The van der Waals surface area contributed by atoms with Gasteiger partial charge in [-0.3, -0.25) is 9.89 Å². The fourth-order valence-corrected chi connectivity index (χ4v) is 4.83. The molecule has 10 heteroatoms. The Balaban J connectivity index is 1.32. The van der Waals surface area contributed by atoms with Crippen LogP contribution in [0.25, 0.3) is 0 Å². The van der Waals surface area contributed by atoms with Crippen LogP contribution in [-0.4, -0.2) is 61.8 Å². The molecule has 5 rings (SSSR count). The van der Waals surface area contributed by atoms with Gasteiger partial charge in [0.1, 0.15) is 11.5 Å². The molecule has 1 spiro atoms. The molecule has 3 heterocycles. The zero-order chi connectivity index (χ0) is 21.8. The van der Waals surface area contributed by atoms with Crippen molar-refractivity contribution in [1.82, 2.24) is 20.0 Å². The lowest BCUT2D eigenvalue weighted by atomic mass is 9.96. The van der Waals surface area contributed by atoms with Crippen LogP contribution in [-0.2, 0) is 13.0 Å². The molecule has 1 aromatic heterocycles. The van der Waals surface area contributed by atoms with Gasteiger partial charge in [-0.25, -0.2) is 9.18 Å². The molecule has 164 valence electrons. The number of fused-ring (bicyclic) bond motifs is 1. The Kier molecular flexibility index (Phi) is 4.90. The number of piperidine rings is 1. The first-order chi connectivity index (χ1) is 14.9. The van der Waals surface area contributed by atoms with E-state index in [1.165, 1.54) is 18.2 Å². The second-order valence-corrected chi connectivity index (χ2v) is 8.99. The maximum atomic E-state index is 13.4. The summed E-state index contributed by atoms with van der Waals surface area (Å²) >= 11 is 5.79. The highest BCUT2D eigenvalue weighted by Crippen LogP contribution is 2.49. The number of rotatable bonds is 2. The van der Waals surface area contributed by atoms with Crippen molar-refractivity contribution in [3.05, 3.63) is 46.0 Å². The number of aromatic nitrogens is 2. The SMILES string of the molecule is O=C(Nc1ccc(F)c(Cl)c1)N1CCc2n[nH]c(C(=O)N3CCC(O)CC34CC4)c2C1. The normalized spacial score (nSPS) is 21.7. The predicted octanol–water partition coefficient (Wildman–Crippen LogP) is 2.92. The summed E-state index contributed by atoms with van der Waals surface area (Å²) in [6, 6.07) is 3.65. The quantitative estimate of drug-likeness (QED) is 0.658. The third-order valence-electron chi connectivity index (χ3n) is 6.54. The van der Waals surface area contributed by atoms with Crippen LogP contribution in [0.2, 0.25) is 5.02 Å². The van der Waals surface area contributed by atoms with E-state index in [-0.39, 0.29) is 35.1 Å². The number of nitrogens with zero attached hydrogens (tertiary/aromatic N) is 3. The summed E-state index contributed by atoms with van der Waals surface area (Å²) in [5.74, 6) is -0.673. The summed E-state index contributed by atoms with van der Waals surface area (Å²) in [6.45, 7) is 1.21. The molecule has 31 heavy (non-hydrogen) atoms. The number of nitrogens with one attached hydrogen (secondary N) is 2. The summed E-state index contributed by atoms with van der Waals surface area (Å²) in [5, 5.41) is 19.9. The van der Waals surface area contributed by atoms with Crippen molar-refractivity contribution in [3.63, 3.8) is 0 Å². The molecule has 0 bridgehead atoms. The van der Waals surface area contributed by atoms with E-state index in [2.05, 4.69) is 15.5 Å². The van der Waals surface area contributed by atoms with Gasteiger partial charge in [0.25, 0.3) is 5.91 Å². The number of urea groups is 1. The summed E-state index contributed by atoms with van der Waals surface area (Å²) in [4.78, 5) is 29.6. The van der Waals surface area contributed by atoms with Gasteiger partial charge in [0.15, 0.2) is 0 Å². The number of carbonyl (C=O) groups excluding carboxylic acids is 2. The van der Waals surface area contributed by atoms with Gasteiger partial charge >= 0.3 is 6.03 Å². The molecule has 1 saturated heterocycles. The largest absolute Gasteiger partial charge is 0.393 e. The number of anilines is 1. The summed E-state index contributed by atoms with van der Waals surface area (Å²) < 4.78 is 13.4. The van der Waals surface area contributed by atoms with Gasteiger partial charge in [-0.05, 0) is 43.9 Å². The van der Waals surface area contributed by atoms with E-state index in [0.29, 0.717) is 43.7 Å². The van der Waals surface area contributed by atoms with Crippen LogP contribution < -0.4 is 5.32 Å². The second-order valence-electron chi connectivity index (χ2n) is 8.58. The molecule has 1 atom stereocenters. The number of halogens is 2. The molecule has 2 fully saturated rings. The van der Waals surface area contributed by atoms with E-state index in [9.17, 15) is 19.1 Å². The number of aliphatic hydroxyl groups is 1. The van der Waals surface area contributed by atoms with Crippen molar-refractivity contribution in [3.8, 4) is 0 Å². The Morgan fingerprint density at radius 1 is 1.32 bits per heavy atom. The van der Waals surface area contributed by atoms with Gasteiger partial charge in [0.2, 0.25) is 0 Å². The third-order valence-corrected chi connectivity index (χ3v) is 6.83. The standard InChI is InChI=1S/C21H23ClFN5O3/c22-15-9-12(1-2-16(15)23)24-20(31)27-7-4-17-14(11-27)18(26-25-17)19(30)28-8-3-13(29)10-21(28)5-6-21/h1-2,9,13,29H,3-8,10-11H2,(H,24,31)(H,25,26). The molecular weight excluding hydrogens is 425 g/mol. The summed E-state index contributed by atoms with van der Waals surface area (Å²) in [6.07, 6.45) is 3.16. The summed E-state index contributed by atoms with van der Waals surface area (Å²) in [7, 11) is 0. The van der Waals surface area contributed by atoms with Gasteiger partial charge in [-0.15, -0.1) is 0 Å². The van der Waals surface area contributed by atoms with Crippen LogP contribution in [0.4, 0.5) is 14.9 Å². The number of aromatic amines is 1. The van der Waals surface area contributed by atoms with Crippen molar-refractivity contribution in [2.24, 2.45) is 0 Å². The molecule has 3 aliphatic rings. The van der Waals surface area contributed by atoms with Gasteiger partial charge in [-0.1, -0.05) is 11.6 Å². The van der Waals surface area contributed by atoms with Crippen LogP contribution in [0.3, 0.4) is 0 Å². The minimum Gasteiger partial charge on any atom is -0.393 e. The van der Waals surface area contributed by atoms with Crippen LogP contribution in [0.5, 0.6) is 0 Å². The number of benzene rings is 1. The molecule has 1 unspecified atom stereocenters. The van der Waals surface area contributed by atoms with E-state index < -0.39 is 5.82 Å². The van der Waals surface area contributed by atoms with E-state index in [1.54, 1.807) is 4.90 Å². The lowest BCUT2D eigenvalue weighted by Gasteiger charge is -2.38. The minimum absolute atomic E-state index is 0.0675. The number of amides is 3. The smallest absolute Gasteiger partial charge is 0.322 e. The third kappa shape index (κ3) is 3.65. The monoisotopic (exact) mass is 447 g/mol. The highest BCUT2D eigenvalue weighted by Gasteiger charge is 2.53. The fraction of sp³-hybridized carbons (Fsp3) is 0.476. The van der Waals surface area contributed by atoms with Crippen molar-refractivity contribution in [2.75, 3.05) is 18.4 Å². The first-order valence-corrected chi connectivity index (χ1v) is 10.8. The van der Waals surface area contributed by atoms with Crippen molar-refractivity contribution in [2.45, 2.75) is 50.3 Å². The van der Waals surface area contributed by atoms with E-state index in [0.717, 1.165) is 24.1 Å². The van der Waals surface area contributed by atoms with Gasteiger partial charge in [0.05, 0.1) is 23.4 Å². The average Bonchev–Trinajstić information content (AvgIpc) is 3.36. The van der Waals surface area contributed by atoms with Gasteiger partial charge in [-0.2, -0.15) is 5.10 Å². The maximum Gasteiger partial charge on any atom is 0.322 e.